The number of nitrogens with two attached hydrogens (primary N) is 1. The molecule has 1 aromatic carbocycles. The van der Waals surface area contributed by atoms with Crippen molar-refractivity contribution in [2.45, 2.75) is 32.4 Å². The van der Waals surface area contributed by atoms with Crippen molar-refractivity contribution in [3.63, 3.8) is 0 Å². The van der Waals surface area contributed by atoms with E-state index in [4.69, 9.17) is 17.3 Å². The Morgan fingerprint density at radius 3 is 2.52 bits per heavy atom. The predicted molar refractivity (Wildman–Crippen MR) is 111 cm³/mol. The molecule has 1 fully saturated rings. The van der Waals surface area contributed by atoms with Gasteiger partial charge in [0.05, 0.1) is 12.1 Å². The molecular formula is C20H25Cl2N3O2. The van der Waals surface area contributed by atoms with Gasteiger partial charge in [0.2, 0.25) is 0 Å². The molecule has 146 valence electrons. The number of amides is 1. The fourth-order valence-corrected chi connectivity index (χ4v) is 3.60. The summed E-state index contributed by atoms with van der Waals surface area (Å²) in [4.78, 5) is 26.8. The van der Waals surface area contributed by atoms with Crippen molar-refractivity contribution in [1.82, 2.24) is 9.47 Å². The third-order valence-corrected chi connectivity index (χ3v) is 5.47. The number of hydrogen-bond acceptors (Lipinski definition) is 3. The highest BCUT2D eigenvalue weighted by molar-refractivity contribution is 6.31. The molecule has 3 rings (SSSR count). The van der Waals surface area contributed by atoms with Gasteiger partial charge in [0.25, 0.3) is 11.5 Å². The molecule has 0 bridgehead atoms. The van der Waals surface area contributed by atoms with E-state index in [9.17, 15) is 9.59 Å². The number of carbonyl (C=O) groups is 1. The molecular weight excluding hydrogens is 385 g/mol. The van der Waals surface area contributed by atoms with Gasteiger partial charge in [0.15, 0.2) is 0 Å². The molecule has 1 amide bonds. The number of carbonyl (C=O) groups excluding carboxylic acids is 1. The lowest BCUT2D eigenvalue weighted by molar-refractivity contribution is 0.0680. The van der Waals surface area contributed by atoms with Gasteiger partial charge >= 0.3 is 0 Å². The first kappa shape index (κ1) is 21.5. The smallest absolute Gasteiger partial charge is 0.255 e. The summed E-state index contributed by atoms with van der Waals surface area (Å²) in [5.41, 5.74) is 7.18. The maximum Gasteiger partial charge on any atom is 0.255 e. The Kier molecular flexibility index (Phi) is 7.48. The van der Waals surface area contributed by atoms with Gasteiger partial charge in [-0.15, -0.1) is 12.4 Å². The molecule has 1 aliphatic rings. The molecule has 2 heterocycles. The molecule has 1 unspecified atom stereocenters. The summed E-state index contributed by atoms with van der Waals surface area (Å²) in [6.07, 6.45) is 3.47. The minimum absolute atomic E-state index is 0. The Bertz CT molecular complexity index is 843. The maximum atomic E-state index is 12.8. The Hall–Kier alpha value is -1.82. The number of hydrogen-bond donors (Lipinski definition) is 1. The average molecular weight is 410 g/mol. The summed E-state index contributed by atoms with van der Waals surface area (Å²) < 4.78 is 1.53. The van der Waals surface area contributed by atoms with Crippen molar-refractivity contribution >= 4 is 29.9 Å². The Morgan fingerprint density at radius 1 is 1.22 bits per heavy atom. The zero-order valence-corrected chi connectivity index (χ0v) is 16.9. The van der Waals surface area contributed by atoms with Crippen LogP contribution in [0, 0.1) is 5.92 Å². The molecule has 0 saturated carbocycles. The van der Waals surface area contributed by atoms with Gasteiger partial charge in [0.1, 0.15) is 0 Å². The zero-order valence-electron chi connectivity index (χ0n) is 15.3. The van der Waals surface area contributed by atoms with E-state index in [0.29, 0.717) is 36.1 Å². The Labute approximate surface area is 170 Å². The second-order valence-corrected chi connectivity index (χ2v) is 7.37. The van der Waals surface area contributed by atoms with Crippen LogP contribution in [0.25, 0.3) is 0 Å². The molecule has 0 spiro atoms. The quantitative estimate of drug-likeness (QED) is 0.842. The number of aromatic nitrogens is 1. The van der Waals surface area contributed by atoms with E-state index in [0.717, 1.165) is 18.4 Å². The summed E-state index contributed by atoms with van der Waals surface area (Å²) >= 11 is 6.19. The first-order chi connectivity index (χ1) is 12.5. The topological polar surface area (TPSA) is 68.3 Å². The van der Waals surface area contributed by atoms with Gasteiger partial charge in [-0.05, 0) is 43.4 Å². The summed E-state index contributed by atoms with van der Waals surface area (Å²) in [5.74, 6) is 0.425. The fraction of sp³-hybridized carbons (Fsp3) is 0.400. The summed E-state index contributed by atoms with van der Waals surface area (Å²) in [7, 11) is 0. The highest BCUT2D eigenvalue weighted by Gasteiger charge is 2.25. The van der Waals surface area contributed by atoms with E-state index < -0.39 is 0 Å². The van der Waals surface area contributed by atoms with Crippen molar-refractivity contribution in [1.29, 1.82) is 0 Å². The number of halogens is 2. The van der Waals surface area contributed by atoms with Crippen LogP contribution in [0.2, 0.25) is 5.02 Å². The van der Waals surface area contributed by atoms with Crippen LogP contribution in [0.5, 0.6) is 0 Å². The van der Waals surface area contributed by atoms with Crippen LogP contribution < -0.4 is 11.3 Å². The number of pyridine rings is 1. The molecule has 27 heavy (non-hydrogen) atoms. The second-order valence-electron chi connectivity index (χ2n) is 6.96. The number of nitrogens with zero attached hydrogens (tertiary/aromatic N) is 2. The van der Waals surface area contributed by atoms with Gasteiger partial charge in [-0.1, -0.05) is 29.8 Å². The highest BCUT2D eigenvalue weighted by Crippen LogP contribution is 2.21. The van der Waals surface area contributed by atoms with Crippen molar-refractivity contribution in [3.05, 3.63) is 69.1 Å². The Morgan fingerprint density at radius 2 is 1.89 bits per heavy atom. The minimum Gasteiger partial charge on any atom is -0.339 e. The standard InChI is InChI=1S/C20H24ClN3O2.ClH/c1-14(22)15-8-10-23(11-9-15)20(26)17-6-7-19(25)24(13-17)12-16-4-2-3-5-18(16)21;/h2-7,13-15H,8-12,22H2,1H3;1H. The van der Waals surface area contributed by atoms with E-state index in [1.807, 2.05) is 30.0 Å². The molecule has 5 nitrogen and oxygen atoms in total. The lowest BCUT2D eigenvalue weighted by Crippen LogP contribution is -2.42. The van der Waals surface area contributed by atoms with E-state index in [2.05, 4.69) is 0 Å². The fourth-order valence-electron chi connectivity index (χ4n) is 3.40. The van der Waals surface area contributed by atoms with Crippen LogP contribution in [0.1, 0.15) is 35.7 Å². The van der Waals surface area contributed by atoms with Crippen LogP contribution in [-0.4, -0.2) is 34.5 Å². The molecule has 2 aromatic rings. The van der Waals surface area contributed by atoms with Crippen LogP contribution in [0.3, 0.4) is 0 Å². The molecule has 0 radical (unpaired) electrons. The lowest BCUT2D eigenvalue weighted by atomic mass is 9.91. The van der Waals surface area contributed by atoms with Crippen LogP contribution in [0.15, 0.2) is 47.4 Å². The van der Waals surface area contributed by atoms with Gasteiger partial charge in [0, 0.05) is 36.4 Å². The number of benzene rings is 1. The third-order valence-electron chi connectivity index (χ3n) is 5.10. The molecule has 1 aromatic heterocycles. The van der Waals surface area contributed by atoms with Gasteiger partial charge in [-0.2, -0.15) is 0 Å². The van der Waals surface area contributed by atoms with Crippen molar-refractivity contribution in [2.24, 2.45) is 11.7 Å². The second kappa shape index (κ2) is 9.40. The monoisotopic (exact) mass is 409 g/mol. The third kappa shape index (κ3) is 5.12. The normalized spacial score (nSPS) is 15.9. The summed E-state index contributed by atoms with van der Waals surface area (Å²) in [6.45, 7) is 3.77. The van der Waals surface area contributed by atoms with Crippen molar-refractivity contribution < 1.29 is 4.79 Å². The van der Waals surface area contributed by atoms with Gasteiger partial charge < -0.3 is 15.2 Å². The number of rotatable bonds is 4. The maximum absolute atomic E-state index is 12.8. The van der Waals surface area contributed by atoms with E-state index in [1.54, 1.807) is 18.3 Å². The molecule has 1 atom stereocenters. The van der Waals surface area contributed by atoms with Gasteiger partial charge in [-0.3, -0.25) is 9.59 Å². The summed E-state index contributed by atoms with van der Waals surface area (Å²) in [5, 5.41) is 0.606. The minimum atomic E-state index is -0.155. The number of likely N-dealkylation sites (tertiary alicyclic amines) is 1. The molecule has 1 aliphatic heterocycles. The first-order valence-corrected chi connectivity index (χ1v) is 9.32. The lowest BCUT2D eigenvalue weighted by Gasteiger charge is -2.33. The van der Waals surface area contributed by atoms with Crippen LogP contribution in [-0.2, 0) is 6.54 Å². The zero-order chi connectivity index (χ0) is 18.7. The Balaban J connectivity index is 0.00000261. The SMILES string of the molecule is CC(N)C1CCN(C(=O)c2ccc(=O)n(Cc3ccccc3Cl)c2)CC1.Cl. The first-order valence-electron chi connectivity index (χ1n) is 8.94. The summed E-state index contributed by atoms with van der Waals surface area (Å²) in [6, 6.07) is 10.6. The average Bonchev–Trinajstić information content (AvgIpc) is 2.65. The predicted octanol–water partition coefficient (Wildman–Crippen LogP) is 3.17. The van der Waals surface area contributed by atoms with Gasteiger partial charge in [-0.25, -0.2) is 0 Å². The van der Waals surface area contributed by atoms with Crippen molar-refractivity contribution in [3.8, 4) is 0 Å². The largest absolute Gasteiger partial charge is 0.339 e. The van der Waals surface area contributed by atoms with E-state index >= 15 is 0 Å². The van der Waals surface area contributed by atoms with E-state index in [-0.39, 0.29) is 29.9 Å². The van der Waals surface area contributed by atoms with E-state index in [1.165, 1.54) is 10.6 Å². The molecule has 0 aliphatic carbocycles. The van der Waals surface area contributed by atoms with Crippen molar-refractivity contribution in [2.75, 3.05) is 13.1 Å². The molecule has 2 N–H and O–H groups in total. The highest BCUT2D eigenvalue weighted by atomic mass is 35.5. The molecule has 1 saturated heterocycles. The number of piperidine rings is 1. The van der Waals surface area contributed by atoms with Crippen LogP contribution >= 0.6 is 24.0 Å². The molecule has 7 heteroatoms. The van der Waals surface area contributed by atoms with Crippen LogP contribution in [0.4, 0.5) is 0 Å².